The predicted molar refractivity (Wildman–Crippen MR) is 81.9 cm³/mol. The predicted octanol–water partition coefficient (Wildman–Crippen LogP) is 2.44. The van der Waals surface area contributed by atoms with Gasteiger partial charge in [0, 0.05) is 11.1 Å². The number of methoxy groups -OCH3 is 3. The molecule has 0 unspecified atom stereocenters. The lowest BCUT2D eigenvalue weighted by Crippen LogP contribution is -2.24. The second-order valence-electron chi connectivity index (χ2n) is 4.96. The lowest BCUT2D eigenvalue weighted by Gasteiger charge is -2.20. The van der Waals surface area contributed by atoms with E-state index in [1.807, 2.05) is 0 Å². The van der Waals surface area contributed by atoms with Crippen LogP contribution in [0.1, 0.15) is 20.7 Å². The minimum Gasteiger partial charge on any atom is -0.504 e. The number of hydrogen-bond donors (Lipinski definition) is 1. The molecule has 118 valence electrons. The number of rotatable bonds is 3. The molecule has 1 aliphatic rings. The van der Waals surface area contributed by atoms with Gasteiger partial charge in [-0.1, -0.05) is 6.07 Å². The van der Waals surface area contributed by atoms with Gasteiger partial charge in [0.25, 0.3) is 0 Å². The Bertz CT molecular complexity index is 878. The van der Waals surface area contributed by atoms with E-state index in [1.54, 1.807) is 6.07 Å². The molecule has 0 aliphatic heterocycles. The van der Waals surface area contributed by atoms with Gasteiger partial charge in [-0.05, 0) is 29.0 Å². The summed E-state index contributed by atoms with van der Waals surface area (Å²) in [6.07, 6.45) is 0. The summed E-state index contributed by atoms with van der Waals surface area (Å²) in [7, 11) is 4.03. The Morgan fingerprint density at radius 1 is 0.870 bits per heavy atom. The highest BCUT2D eigenvalue weighted by Crippen LogP contribution is 2.37. The van der Waals surface area contributed by atoms with Gasteiger partial charge >= 0.3 is 0 Å². The molecule has 3 rings (SSSR count). The Kier molecular flexibility index (Phi) is 3.44. The van der Waals surface area contributed by atoms with Gasteiger partial charge in [-0.3, -0.25) is 9.59 Å². The van der Waals surface area contributed by atoms with Crippen molar-refractivity contribution >= 4 is 22.3 Å². The van der Waals surface area contributed by atoms with Crippen LogP contribution in [-0.4, -0.2) is 38.0 Å². The van der Waals surface area contributed by atoms with Crippen molar-refractivity contribution in [2.75, 3.05) is 21.3 Å². The molecule has 0 spiro atoms. The van der Waals surface area contributed by atoms with Gasteiger partial charge in [-0.2, -0.15) is 0 Å². The van der Waals surface area contributed by atoms with Crippen LogP contribution in [0.3, 0.4) is 0 Å². The van der Waals surface area contributed by atoms with E-state index in [1.165, 1.54) is 39.5 Å². The van der Waals surface area contributed by atoms with Crippen molar-refractivity contribution in [1.82, 2.24) is 0 Å². The van der Waals surface area contributed by atoms with E-state index in [0.717, 1.165) is 0 Å². The van der Waals surface area contributed by atoms with Crippen LogP contribution >= 0.6 is 0 Å². The molecule has 0 saturated heterocycles. The number of carbonyl (C=O) groups excluding carboxylic acids is 2. The fraction of sp³-hybridized carbons (Fsp3) is 0.176. The normalized spacial score (nSPS) is 14.0. The van der Waals surface area contributed by atoms with Gasteiger partial charge in [-0.25, -0.2) is 0 Å². The number of carbonyl (C=O) groups is 2. The van der Waals surface area contributed by atoms with E-state index in [2.05, 4.69) is 0 Å². The Labute approximate surface area is 131 Å². The van der Waals surface area contributed by atoms with Crippen LogP contribution < -0.4 is 4.74 Å². The molecule has 0 bridgehead atoms. The van der Waals surface area contributed by atoms with Crippen molar-refractivity contribution in [2.45, 2.75) is 0 Å². The van der Waals surface area contributed by atoms with E-state index in [4.69, 9.17) is 14.2 Å². The highest BCUT2D eigenvalue weighted by Gasteiger charge is 2.35. The van der Waals surface area contributed by atoms with Gasteiger partial charge in [0.15, 0.2) is 11.5 Å². The maximum absolute atomic E-state index is 12.7. The van der Waals surface area contributed by atoms with E-state index >= 15 is 0 Å². The molecule has 1 aliphatic carbocycles. The molecule has 2 aromatic rings. The van der Waals surface area contributed by atoms with Crippen LogP contribution in [0.5, 0.6) is 11.5 Å². The third-order valence-corrected chi connectivity index (χ3v) is 3.82. The van der Waals surface area contributed by atoms with E-state index in [0.29, 0.717) is 10.8 Å². The molecule has 0 saturated carbocycles. The second kappa shape index (κ2) is 5.31. The average Bonchev–Trinajstić information content (AvgIpc) is 2.56. The molecule has 0 radical (unpaired) electrons. The Morgan fingerprint density at radius 3 is 2.13 bits per heavy atom. The third-order valence-electron chi connectivity index (χ3n) is 3.82. The number of hydrogen-bond acceptors (Lipinski definition) is 6. The summed E-state index contributed by atoms with van der Waals surface area (Å²) in [5.41, 5.74) is 0.441. The fourth-order valence-electron chi connectivity index (χ4n) is 2.75. The largest absolute Gasteiger partial charge is 0.504 e. The monoisotopic (exact) mass is 314 g/mol. The maximum atomic E-state index is 12.7. The Morgan fingerprint density at radius 2 is 1.52 bits per heavy atom. The zero-order chi connectivity index (χ0) is 16.7. The summed E-state index contributed by atoms with van der Waals surface area (Å²) >= 11 is 0. The first-order valence-corrected chi connectivity index (χ1v) is 6.78. The first-order valence-electron chi connectivity index (χ1n) is 6.78. The third kappa shape index (κ3) is 2.03. The van der Waals surface area contributed by atoms with Crippen molar-refractivity contribution in [3.8, 4) is 11.5 Å². The zero-order valence-corrected chi connectivity index (χ0v) is 12.8. The molecule has 6 heteroatoms. The second-order valence-corrected chi connectivity index (χ2v) is 4.96. The molecule has 0 fully saturated rings. The number of phenols is 1. The van der Waals surface area contributed by atoms with Gasteiger partial charge in [-0.15, -0.1) is 0 Å². The molecule has 6 nitrogen and oxygen atoms in total. The smallest absolute Gasteiger partial charge is 0.232 e. The minimum atomic E-state index is -0.447. The molecule has 1 N–H and O–H groups in total. The van der Waals surface area contributed by atoms with E-state index in [-0.39, 0.29) is 34.1 Å². The number of phenolic OH excluding ortho intramolecular Hbond substituents is 1. The molecule has 0 atom stereocenters. The summed E-state index contributed by atoms with van der Waals surface area (Å²) in [5.74, 6) is -0.953. The van der Waals surface area contributed by atoms with Crippen LogP contribution in [0.4, 0.5) is 0 Å². The molecular weight excluding hydrogens is 300 g/mol. The van der Waals surface area contributed by atoms with Crippen molar-refractivity contribution in [2.24, 2.45) is 0 Å². The number of ether oxygens (including phenoxy) is 3. The molecule has 0 amide bonds. The molecule has 23 heavy (non-hydrogen) atoms. The maximum Gasteiger partial charge on any atom is 0.232 e. The van der Waals surface area contributed by atoms with Crippen molar-refractivity contribution in [3.05, 3.63) is 46.9 Å². The first kappa shape index (κ1) is 14.9. The van der Waals surface area contributed by atoms with Crippen LogP contribution in [0.15, 0.2) is 35.8 Å². The number of Topliss-reactive ketones (excluding diaryl/α,β-unsaturated/α-hetero) is 2. The standard InChI is InChI=1S/C17H14O6/c1-21-12-7-10-8(6-11(12)18)4-5-9-13(10)15(20)17(23-3)16(22-2)14(9)19/h4-7,18H,1-3H3. The number of benzene rings is 2. The summed E-state index contributed by atoms with van der Waals surface area (Å²) in [4.78, 5) is 25.3. The van der Waals surface area contributed by atoms with Crippen LogP contribution in [0.25, 0.3) is 10.8 Å². The lowest BCUT2D eigenvalue weighted by atomic mass is 9.87. The van der Waals surface area contributed by atoms with Gasteiger partial charge < -0.3 is 19.3 Å². The van der Waals surface area contributed by atoms with Gasteiger partial charge in [0.2, 0.25) is 23.1 Å². The number of aromatic hydroxyl groups is 1. The SMILES string of the molecule is COC1=C(OC)C(=O)c2c(ccc3cc(O)c(OC)cc23)C1=O. The topological polar surface area (TPSA) is 82.1 Å². The Hall–Kier alpha value is -3.02. The van der Waals surface area contributed by atoms with E-state index < -0.39 is 11.6 Å². The Balaban J connectivity index is 2.38. The first-order chi connectivity index (χ1) is 11.0. The number of fused-ring (bicyclic) bond motifs is 3. The average molecular weight is 314 g/mol. The van der Waals surface area contributed by atoms with Crippen LogP contribution in [0.2, 0.25) is 0 Å². The summed E-state index contributed by atoms with van der Waals surface area (Å²) in [6.45, 7) is 0. The van der Waals surface area contributed by atoms with Gasteiger partial charge in [0.1, 0.15) is 0 Å². The summed E-state index contributed by atoms with van der Waals surface area (Å²) in [6, 6.07) is 6.20. The highest BCUT2D eigenvalue weighted by atomic mass is 16.5. The van der Waals surface area contributed by atoms with E-state index in [9.17, 15) is 14.7 Å². The minimum absolute atomic E-state index is 0.0466. The van der Waals surface area contributed by atoms with Crippen molar-refractivity contribution < 1.29 is 28.9 Å². The van der Waals surface area contributed by atoms with Crippen LogP contribution in [-0.2, 0) is 9.47 Å². The molecule has 0 heterocycles. The summed E-state index contributed by atoms with van der Waals surface area (Å²) < 4.78 is 15.2. The van der Waals surface area contributed by atoms with Crippen molar-refractivity contribution in [3.63, 3.8) is 0 Å². The number of ketones is 2. The van der Waals surface area contributed by atoms with Gasteiger partial charge in [0.05, 0.1) is 21.3 Å². The molecule has 0 aromatic heterocycles. The highest BCUT2D eigenvalue weighted by molar-refractivity contribution is 6.29. The lowest BCUT2D eigenvalue weighted by molar-refractivity contribution is 0.0830. The molecular formula is C17H14O6. The van der Waals surface area contributed by atoms with Crippen LogP contribution in [0, 0.1) is 0 Å². The van der Waals surface area contributed by atoms with Crippen molar-refractivity contribution in [1.29, 1.82) is 0 Å². The molecule has 2 aromatic carbocycles. The zero-order valence-electron chi connectivity index (χ0n) is 12.8. The summed E-state index contributed by atoms with van der Waals surface area (Å²) in [5, 5.41) is 11.0. The fourth-order valence-corrected chi connectivity index (χ4v) is 2.75. The quantitative estimate of drug-likeness (QED) is 0.937. The number of allylic oxidation sites excluding steroid dienone is 2.